The Hall–Kier alpha value is 0.130. The Kier molecular flexibility index (Phi) is 3.23. The number of nitrogens with two attached hydrogens (primary N) is 1. The van der Waals surface area contributed by atoms with Crippen molar-refractivity contribution in [2.75, 3.05) is 5.73 Å². The van der Waals surface area contributed by atoms with Crippen molar-refractivity contribution in [3.05, 3.63) is 0 Å². The van der Waals surface area contributed by atoms with E-state index in [0.717, 1.165) is 0 Å². The molecular formula is CH5CaN5. The van der Waals surface area contributed by atoms with Crippen molar-refractivity contribution in [2.45, 2.75) is 0 Å². The normalized spacial score (nSPS) is 7.43. The van der Waals surface area contributed by atoms with E-state index < -0.39 is 0 Å². The number of nitrogens with zero attached hydrogens (tertiary/aromatic N) is 3. The van der Waals surface area contributed by atoms with Crippen LogP contribution in [0.15, 0.2) is 0 Å². The second-order valence-electron chi connectivity index (χ2n) is 0.770. The zero-order chi connectivity index (χ0) is 4.41. The zero-order valence-corrected chi connectivity index (χ0v) is 5.83. The Morgan fingerprint density at radius 1 is 1.71 bits per heavy atom. The van der Waals surface area contributed by atoms with Crippen molar-refractivity contribution in [1.82, 2.24) is 20.6 Å². The molecule has 0 aliphatic heterocycles. The van der Waals surface area contributed by atoms with Crippen molar-refractivity contribution in [3.63, 3.8) is 0 Å². The molecule has 1 aromatic rings. The van der Waals surface area contributed by atoms with Crippen LogP contribution in [0, 0.1) is 0 Å². The molecule has 0 atom stereocenters. The van der Waals surface area contributed by atoms with Gasteiger partial charge < -0.3 is 8.59 Å². The summed E-state index contributed by atoms with van der Waals surface area (Å²) in [4.78, 5) is 0. The topological polar surface area (TPSA) is 80.5 Å². The maximum absolute atomic E-state index is 4.96. The third kappa shape index (κ3) is 2.06. The second kappa shape index (κ2) is 3.17. The van der Waals surface area contributed by atoms with E-state index in [9.17, 15) is 0 Å². The maximum atomic E-state index is 4.96. The van der Waals surface area contributed by atoms with Crippen LogP contribution in [0.1, 0.15) is 2.85 Å². The van der Waals surface area contributed by atoms with Crippen molar-refractivity contribution >= 4 is 43.7 Å². The van der Waals surface area contributed by atoms with Crippen LogP contribution in [0.3, 0.4) is 0 Å². The first-order valence-electron chi connectivity index (χ1n) is 1.38. The number of aromatic nitrogens is 4. The summed E-state index contributed by atoms with van der Waals surface area (Å²) in [5, 5.41) is 12.0. The molecule has 1 rings (SSSR count). The number of rotatable bonds is 0. The van der Waals surface area contributed by atoms with Gasteiger partial charge in [-0.05, 0) is 5.21 Å². The van der Waals surface area contributed by atoms with Crippen molar-refractivity contribution in [3.8, 4) is 0 Å². The minimum atomic E-state index is 0. The minimum absolute atomic E-state index is 0. The quantitative estimate of drug-likeness (QED) is 0.421. The Morgan fingerprint density at radius 2 is 2.43 bits per heavy atom. The molecule has 0 saturated heterocycles. The van der Waals surface area contributed by atoms with E-state index in [4.69, 9.17) is 5.73 Å². The number of H-pyrrole nitrogens is 1. The summed E-state index contributed by atoms with van der Waals surface area (Å²) >= 11 is 0. The second-order valence-corrected chi connectivity index (χ2v) is 0.770. The van der Waals surface area contributed by atoms with Crippen LogP contribution in [-0.4, -0.2) is 58.4 Å². The van der Waals surface area contributed by atoms with Gasteiger partial charge in [-0.15, -0.1) is 5.10 Å². The van der Waals surface area contributed by atoms with Gasteiger partial charge in [-0.25, -0.2) is 0 Å². The molecule has 0 amide bonds. The molecular weight excluding hydrogens is 122 g/mol. The van der Waals surface area contributed by atoms with Gasteiger partial charge in [-0.1, -0.05) is 5.10 Å². The summed E-state index contributed by atoms with van der Waals surface area (Å²) in [5.74, 6) is 0.176. The largest absolute Gasteiger partial charge is 2.00 e. The van der Waals surface area contributed by atoms with Crippen LogP contribution in [-0.2, 0) is 0 Å². The standard InChI is InChI=1S/CH3N5.Ca.2H/c2-1-3-5-6-4-1;;;/h(H3,2,3,4,5,6);;;/q;+2;2*-1. The molecule has 5 nitrogen and oxygen atoms in total. The molecule has 0 saturated carbocycles. The van der Waals surface area contributed by atoms with Gasteiger partial charge in [0.05, 0.1) is 0 Å². The molecule has 0 bridgehead atoms. The summed E-state index contributed by atoms with van der Waals surface area (Å²) in [6.07, 6.45) is 0. The van der Waals surface area contributed by atoms with Crippen molar-refractivity contribution < 1.29 is 2.85 Å². The van der Waals surface area contributed by atoms with E-state index in [1.165, 1.54) is 0 Å². The molecule has 0 fully saturated rings. The molecule has 0 spiro atoms. The van der Waals surface area contributed by atoms with Gasteiger partial charge in [0.1, 0.15) is 0 Å². The van der Waals surface area contributed by atoms with Gasteiger partial charge in [-0.2, -0.15) is 5.21 Å². The van der Waals surface area contributed by atoms with E-state index in [0.29, 0.717) is 0 Å². The molecule has 7 heavy (non-hydrogen) atoms. The van der Waals surface area contributed by atoms with E-state index >= 15 is 0 Å². The summed E-state index contributed by atoms with van der Waals surface area (Å²) in [6.45, 7) is 0. The third-order valence-corrected chi connectivity index (χ3v) is 0.362. The third-order valence-electron chi connectivity index (χ3n) is 0.362. The molecule has 3 N–H and O–H groups in total. The van der Waals surface area contributed by atoms with Crippen LogP contribution >= 0.6 is 0 Å². The van der Waals surface area contributed by atoms with Gasteiger partial charge in [-0.3, -0.25) is 0 Å². The molecule has 6 heteroatoms. The van der Waals surface area contributed by atoms with Gasteiger partial charge in [0.15, 0.2) is 0 Å². The number of aromatic amines is 1. The van der Waals surface area contributed by atoms with Crippen molar-refractivity contribution in [2.24, 2.45) is 0 Å². The molecule has 0 aliphatic carbocycles. The van der Waals surface area contributed by atoms with Gasteiger partial charge >= 0.3 is 37.7 Å². The van der Waals surface area contributed by atoms with Gasteiger partial charge in [0.2, 0.25) is 0 Å². The van der Waals surface area contributed by atoms with Crippen LogP contribution in [0.2, 0.25) is 0 Å². The SMILES string of the molecule is Nc1nn[nH]n1.[Ca+2].[H-].[H-]. The molecule has 0 aliphatic rings. The first kappa shape index (κ1) is 7.13. The number of nitrogens with one attached hydrogen (secondary N) is 1. The number of hydrogen-bond donors (Lipinski definition) is 2. The van der Waals surface area contributed by atoms with Gasteiger partial charge in [0, 0.05) is 0 Å². The van der Waals surface area contributed by atoms with E-state index in [1.807, 2.05) is 0 Å². The summed E-state index contributed by atoms with van der Waals surface area (Å²) in [6, 6.07) is 0. The molecule has 0 unspecified atom stereocenters. The maximum Gasteiger partial charge on any atom is 2.00 e. The Labute approximate surface area is 72.6 Å². The first-order chi connectivity index (χ1) is 2.89. The van der Waals surface area contributed by atoms with Crippen LogP contribution in [0.25, 0.3) is 0 Å². The number of anilines is 1. The van der Waals surface area contributed by atoms with Crippen LogP contribution < -0.4 is 5.73 Å². The van der Waals surface area contributed by atoms with Crippen LogP contribution in [0.5, 0.6) is 0 Å². The molecule has 0 radical (unpaired) electrons. The van der Waals surface area contributed by atoms with E-state index in [-0.39, 0.29) is 46.5 Å². The predicted octanol–water partition coefficient (Wildman–Crippen LogP) is -1.37. The average molecular weight is 127 g/mol. The average Bonchev–Trinajstić information content (AvgIpc) is 1.86. The molecule has 36 valence electrons. The Bertz CT molecular complexity index is 119. The number of tetrazole rings is 1. The van der Waals surface area contributed by atoms with Crippen molar-refractivity contribution in [1.29, 1.82) is 0 Å². The fourth-order valence-corrected chi connectivity index (χ4v) is 0.170. The van der Waals surface area contributed by atoms with E-state index in [1.54, 1.807) is 0 Å². The summed E-state index contributed by atoms with van der Waals surface area (Å²) in [5.41, 5.74) is 4.96. The fourth-order valence-electron chi connectivity index (χ4n) is 0.170. The van der Waals surface area contributed by atoms with Gasteiger partial charge in [0.25, 0.3) is 5.95 Å². The first-order valence-corrected chi connectivity index (χ1v) is 1.38. The molecule has 1 heterocycles. The smallest absolute Gasteiger partial charge is 1.00 e. The zero-order valence-electron chi connectivity index (χ0n) is 5.63. The summed E-state index contributed by atoms with van der Waals surface area (Å²) in [7, 11) is 0. The summed E-state index contributed by atoms with van der Waals surface area (Å²) < 4.78 is 0. The molecule has 0 aromatic carbocycles. The number of hydrogen-bond acceptors (Lipinski definition) is 4. The fraction of sp³-hybridized carbons (Fsp3) is 0. The number of nitrogen functional groups attached to an aromatic ring is 1. The van der Waals surface area contributed by atoms with Crippen LogP contribution in [0.4, 0.5) is 5.95 Å². The Morgan fingerprint density at radius 3 is 2.57 bits per heavy atom. The minimum Gasteiger partial charge on any atom is -1.00 e. The monoisotopic (exact) mass is 127 g/mol. The molecule has 1 aromatic heterocycles. The predicted molar refractivity (Wildman–Crippen MR) is 26.6 cm³/mol. The van der Waals surface area contributed by atoms with E-state index in [2.05, 4.69) is 20.6 Å². The Balaban J connectivity index is -0.000000120.